The summed E-state index contributed by atoms with van der Waals surface area (Å²) in [4.78, 5) is 17.3. The largest absolute Gasteiger partial charge is 0.497 e. The molecule has 2 aromatic carbocycles. The van der Waals surface area contributed by atoms with Crippen molar-refractivity contribution in [1.29, 1.82) is 0 Å². The van der Waals surface area contributed by atoms with Crippen LogP contribution in [0.1, 0.15) is 41.6 Å². The number of rotatable bonds is 7. The quantitative estimate of drug-likeness (QED) is 0.632. The van der Waals surface area contributed by atoms with Crippen LogP contribution in [0.15, 0.2) is 48.5 Å². The third-order valence-electron chi connectivity index (χ3n) is 6.18. The van der Waals surface area contributed by atoms with Crippen molar-refractivity contribution < 1.29 is 18.7 Å². The van der Waals surface area contributed by atoms with E-state index in [-0.39, 0.29) is 17.8 Å². The number of nitrogens with zero attached hydrogens (tertiary/aromatic N) is 2. The van der Waals surface area contributed by atoms with Crippen LogP contribution in [0.5, 0.6) is 11.5 Å². The lowest BCUT2D eigenvalue weighted by Gasteiger charge is -2.32. The van der Waals surface area contributed by atoms with Gasteiger partial charge in [0.25, 0.3) is 5.91 Å². The second-order valence-corrected chi connectivity index (χ2v) is 8.43. The standard InChI is InChI=1S/C26H31FN2O3/c1-31-23-10-11-24(26(30)29-15-2-3-16-29)25(19-23)32-22-12-17-28(18-13-22)14-4-5-20-6-8-21(27)9-7-20/h4-11,19,22H,2-3,12-18H2,1H3/b5-4+. The Morgan fingerprint density at radius 3 is 2.47 bits per heavy atom. The van der Waals surface area contributed by atoms with Gasteiger partial charge in [0.05, 0.1) is 12.7 Å². The van der Waals surface area contributed by atoms with E-state index in [9.17, 15) is 9.18 Å². The molecule has 32 heavy (non-hydrogen) atoms. The van der Waals surface area contributed by atoms with Gasteiger partial charge in [0.1, 0.15) is 23.4 Å². The van der Waals surface area contributed by atoms with Gasteiger partial charge in [-0.2, -0.15) is 0 Å². The van der Waals surface area contributed by atoms with Crippen LogP contribution in [0.2, 0.25) is 0 Å². The molecule has 2 aromatic rings. The predicted octanol–water partition coefficient (Wildman–Crippen LogP) is 4.63. The first-order chi connectivity index (χ1) is 15.6. The van der Waals surface area contributed by atoms with Gasteiger partial charge in [0.15, 0.2) is 0 Å². The molecule has 0 aromatic heterocycles. The van der Waals surface area contributed by atoms with Crippen LogP contribution < -0.4 is 9.47 Å². The Kier molecular flexibility index (Phi) is 7.43. The molecule has 5 nitrogen and oxygen atoms in total. The van der Waals surface area contributed by atoms with Gasteiger partial charge >= 0.3 is 0 Å². The third kappa shape index (κ3) is 5.68. The number of halogens is 1. The van der Waals surface area contributed by atoms with Gasteiger partial charge < -0.3 is 14.4 Å². The fourth-order valence-electron chi connectivity index (χ4n) is 4.30. The first-order valence-corrected chi connectivity index (χ1v) is 11.4. The topological polar surface area (TPSA) is 42.0 Å². The first-order valence-electron chi connectivity index (χ1n) is 11.4. The summed E-state index contributed by atoms with van der Waals surface area (Å²) in [6.45, 7) is 4.33. The van der Waals surface area contributed by atoms with E-state index in [1.807, 2.05) is 29.2 Å². The van der Waals surface area contributed by atoms with Crippen LogP contribution in [-0.2, 0) is 0 Å². The molecule has 0 unspecified atom stereocenters. The van der Waals surface area contributed by atoms with E-state index >= 15 is 0 Å². The third-order valence-corrected chi connectivity index (χ3v) is 6.18. The summed E-state index contributed by atoms with van der Waals surface area (Å²) in [5.41, 5.74) is 1.62. The molecule has 2 saturated heterocycles. The lowest BCUT2D eigenvalue weighted by molar-refractivity contribution is 0.0771. The number of methoxy groups -OCH3 is 1. The zero-order valence-electron chi connectivity index (χ0n) is 18.6. The van der Waals surface area contributed by atoms with Crippen LogP contribution in [0.25, 0.3) is 6.08 Å². The molecule has 4 rings (SSSR count). The van der Waals surface area contributed by atoms with E-state index in [2.05, 4.69) is 11.0 Å². The van der Waals surface area contributed by atoms with Gasteiger partial charge in [-0.05, 0) is 55.5 Å². The van der Waals surface area contributed by atoms with Crippen molar-refractivity contribution >= 4 is 12.0 Å². The highest BCUT2D eigenvalue weighted by molar-refractivity contribution is 5.97. The van der Waals surface area contributed by atoms with Gasteiger partial charge in [-0.25, -0.2) is 4.39 Å². The second-order valence-electron chi connectivity index (χ2n) is 8.43. The number of likely N-dealkylation sites (tertiary alicyclic amines) is 2. The maximum Gasteiger partial charge on any atom is 0.257 e. The van der Waals surface area contributed by atoms with Crippen molar-refractivity contribution in [1.82, 2.24) is 9.80 Å². The number of hydrogen-bond donors (Lipinski definition) is 0. The fourth-order valence-corrected chi connectivity index (χ4v) is 4.30. The fraction of sp³-hybridized carbons (Fsp3) is 0.423. The highest BCUT2D eigenvalue weighted by Crippen LogP contribution is 2.29. The summed E-state index contributed by atoms with van der Waals surface area (Å²) in [5.74, 6) is 1.14. The van der Waals surface area contributed by atoms with Gasteiger partial charge in [-0.1, -0.05) is 24.3 Å². The van der Waals surface area contributed by atoms with Crippen molar-refractivity contribution in [3.05, 3.63) is 65.5 Å². The van der Waals surface area contributed by atoms with Crippen molar-refractivity contribution in [2.24, 2.45) is 0 Å². The Labute approximate surface area is 189 Å². The van der Waals surface area contributed by atoms with E-state index in [1.54, 1.807) is 19.2 Å². The minimum atomic E-state index is -0.217. The van der Waals surface area contributed by atoms with Crippen molar-refractivity contribution in [2.75, 3.05) is 39.8 Å². The lowest BCUT2D eigenvalue weighted by atomic mass is 10.1. The molecule has 0 radical (unpaired) electrons. The van der Waals surface area contributed by atoms with Crippen LogP contribution >= 0.6 is 0 Å². The van der Waals surface area contributed by atoms with Crippen molar-refractivity contribution in [3.63, 3.8) is 0 Å². The SMILES string of the molecule is COc1ccc(C(=O)N2CCCC2)c(OC2CCN(C/C=C/c3ccc(F)cc3)CC2)c1. The molecule has 170 valence electrons. The zero-order valence-corrected chi connectivity index (χ0v) is 18.6. The Balaban J connectivity index is 1.33. The summed E-state index contributed by atoms with van der Waals surface area (Å²) in [6.07, 6.45) is 8.14. The summed E-state index contributed by atoms with van der Waals surface area (Å²) in [6, 6.07) is 12.0. The highest BCUT2D eigenvalue weighted by Gasteiger charge is 2.26. The first kappa shape index (κ1) is 22.3. The van der Waals surface area contributed by atoms with Gasteiger partial charge in [-0.3, -0.25) is 9.69 Å². The van der Waals surface area contributed by atoms with Gasteiger partial charge in [-0.15, -0.1) is 0 Å². The van der Waals surface area contributed by atoms with Gasteiger partial charge in [0, 0.05) is 38.8 Å². The molecule has 0 spiro atoms. The minimum Gasteiger partial charge on any atom is -0.497 e. The number of ether oxygens (including phenoxy) is 2. The second kappa shape index (κ2) is 10.6. The maximum absolute atomic E-state index is 13.0. The summed E-state index contributed by atoms with van der Waals surface area (Å²) < 4.78 is 24.7. The highest BCUT2D eigenvalue weighted by atomic mass is 19.1. The molecule has 1 amide bonds. The molecule has 2 heterocycles. The van der Waals surface area contributed by atoms with E-state index in [0.29, 0.717) is 17.1 Å². The van der Waals surface area contributed by atoms with E-state index in [0.717, 1.165) is 64.0 Å². The monoisotopic (exact) mass is 438 g/mol. The van der Waals surface area contributed by atoms with E-state index in [1.165, 1.54) is 12.1 Å². The molecular weight excluding hydrogens is 407 g/mol. The zero-order chi connectivity index (χ0) is 22.3. The number of amides is 1. The molecule has 2 aliphatic heterocycles. The molecule has 0 atom stereocenters. The van der Waals surface area contributed by atoms with Crippen LogP contribution in [0, 0.1) is 5.82 Å². The molecule has 0 aliphatic carbocycles. The summed E-state index contributed by atoms with van der Waals surface area (Å²) in [5, 5.41) is 0. The van der Waals surface area contributed by atoms with Crippen LogP contribution in [-0.4, -0.2) is 61.6 Å². The molecule has 0 bridgehead atoms. The lowest BCUT2D eigenvalue weighted by Crippen LogP contribution is -2.38. The molecule has 2 aliphatic rings. The van der Waals surface area contributed by atoms with E-state index < -0.39 is 0 Å². The number of carbonyl (C=O) groups excluding carboxylic acids is 1. The van der Waals surface area contributed by atoms with Crippen molar-refractivity contribution in [3.8, 4) is 11.5 Å². The molecule has 0 saturated carbocycles. The van der Waals surface area contributed by atoms with Gasteiger partial charge in [0.2, 0.25) is 0 Å². The Hall–Kier alpha value is -2.86. The van der Waals surface area contributed by atoms with Crippen molar-refractivity contribution in [2.45, 2.75) is 31.8 Å². The Bertz CT molecular complexity index is 931. The number of benzene rings is 2. The molecule has 2 fully saturated rings. The normalized spacial score (nSPS) is 17.8. The average Bonchev–Trinajstić information content (AvgIpc) is 3.36. The van der Waals surface area contributed by atoms with Crippen LogP contribution in [0.4, 0.5) is 4.39 Å². The minimum absolute atomic E-state index is 0.0449. The smallest absolute Gasteiger partial charge is 0.257 e. The van der Waals surface area contributed by atoms with Crippen LogP contribution in [0.3, 0.4) is 0 Å². The predicted molar refractivity (Wildman–Crippen MR) is 124 cm³/mol. The number of piperidine rings is 1. The average molecular weight is 439 g/mol. The number of hydrogen-bond acceptors (Lipinski definition) is 4. The number of carbonyl (C=O) groups is 1. The maximum atomic E-state index is 13.0. The summed E-state index contributed by atoms with van der Waals surface area (Å²) >= 11 is 0. The molecular formula is C26H31FN2O3. The Morgan fingerprint density at radius 2 is 1.78 bits per heavy atom. The molecule has 6 heteroatoms. The van der Waals surface area contributed by atoms with E-state index in [4.69, 9.17) is 9.47 Å². The molecule has 0 N–H and O–H groups in total. The summed E-state index contributed by atoms with van der Waals surface area (Å²) in [7, 11) is 1.62. The Morgan fingerprint density at radius 1 is 1.06 bits per heavy atom.